The Morgan fingerprint density at radius 3 is 2.69 bits per heavy atom. The molecule has 3 aliphatic rings. The van der Waals surface area contributed by atoms with E-state index in [2.05, 4.69) is 33.4 Å². The molecule has 3 fully saturated rings. The minimum Gasteiger partial charge on any atom is -0.494 e. The lowest BCUT2D eigenvalue weighted by Crippen LogP contribution is -2.41. The summed E-state index contributed by atoms with van der Waals surface area (Å²) in [5.74, 6) is 2.61. The van der Waals surface area contributed by atoms with Gasteiger partial charge < -0.3 is 29.6 Å². The molecule has 8 heteroatoms. The van der Waals surface area contributed by atoms with E-state index in [4.69, 9.17) is 15.5 Å². The maximum atomic E-state index is 13.6. The third-order valence-electron chi connectivity index (χ3n) is 9.29. The zero-order chi connectivity index (χ0) is 26.8. The van der Waals surface area contributed by atoms with Crippen molar-refractivity contribution in [3.63, 3.8) is 0 Å². The topological polar surface area (TPSA) is 98.5 Å². The number of methoxy groups -OCH3 is 1. The number of nitrogens with zero attached hydrogens (tertiary/aromatic N) is 4. The number of imidazole rings is 1. The number of carbonyl (C=O) groups excluding carboxylic acids is 1. The zero-order valence-electron chi connectivity index (χ0n) is 22.8. The van der Waals surface area contributed by atoms with Crippen LogP contribution in [-0.4, -0.2) is 62.4 Å². The summed E-state index contributed by atoms with van der Waals surface area (Å²) in [5.41, 5.74) is 12.2. The number of aliphatic hydroxyl groups is 1. The highest BCUT2D eigenvalue weighted by molar-refractivity contribution is 6.00. The third kappa shape index (κ3) is 3.95. The first kappa shape index (κ1) is 24.7. The Balaban J connectivity index is 1.35. The van der Waals surface area contributed by atoms with Crippen LogP contribution in [0, 0.1) is 11.8 Å². The summed E-state index contributed by atoms with van der Waals surface area (Å²) in [6.45, 7) is 1.87. The number of ether oxygens (including phenoxy) is 1. The van der Waals surface area contributed by atoms with Gasteiger partial charge in [0, 0.05) is 49.8 Å². The lowest BCUT2D eigenvalue weighted by molar-refractivity contribution is 0.0700. The summed E-state index contributed by atoms with van der Waals surface area (Å²) in [6.07, 6.45) is 6.18. The average Bonchev–Trinajstić information content (AvgIpc) is 3.33. The fraction of sp³-hybridized carbons (Fsp3) is 0.484. The Morgan fingerprint density at radius 1 is 1.15 bits per heavy atom. The molecule has 0 spiro atoms. The number of aryl methyl sites for hydroxylation is 2. The molecule has 39 heavy (non-hydrogen) atoms. The van der Waals surface area contributed by atoms with E-state index in [9.17, 15) is 9.90 Å². The second-order valence-corrected chi connectivity index (χ2v) is 11.7. The number of nitrogens with two attached hydrogens (primary N) is 1. The number of para-hydroxylation sites is 1. The Hall–Kier alpha value is -3.36. The molecule has 8 nitrogen and oxygen atoms in total. The van der Waals surface area contributed by atoms with Crippen LogP contribution >= 0.6 is 0 Å². The lowest BCUT2D eigenvalue weighted by Gasteiger charge is -2.27. The van der Waals surface area contributed by atoms with Crippen LogP contribution in [0.25, 0.3) is 33.5 Å². The summed E-state index contributed by atoms with van der Waals surface area (Å²) >= 11 is 0. The van der Waals surface area contributed by atoms with Crippen molar-refractivity contribution >= 4 is 27.8 Å². The molecule has 3 atom stereocenters. The molecule has 1 aliphatic heterocycles. The summed E-state index contributed by atoms with van der Waals surface area (Å²) < 4.78 is 10.4. The molecular formula is C31H37N5O3. The fourth-order valence-electron chi connectivity index (χ4n) is 7.07. The molecule has 1 amide bonds. The van der Waals surface area contributed by atoms with E-state index in [1.165, 1.54) is 29.3 Å². The van der Waals surface area contributed by atoms with Crippen molar-refractivity contribution in [3.05, 3.63) is 47.5 Å². The molecule has 0 radical (unpaired) electrons. The van der Waals surface area contributed by atoms with Crippen molar-refractivity contribution < 1.29 is 14.6 Å². The number of carbonyl (C=O) groups is 1. The Bertz CT molecular complexity index is 1580. The lowest BCUT2D eigenvalue weighted by atomic mass is 10.1. The molecule has 1 saturated heterocycles. The quantitative estimate of drug-likeness (QED) is 0.360. The van der Waals surface area contributed by atoms with Crippen molar-refractivity contribution in [2.75, 3.05) is 20.3 Å². The third-order valence-corrected chi connectivity index (χ3v) is 9.29. The van der Waals surface area contributed by atoms with Gasteiger partial charge in [-0.3, -0.25) is 4.79 Å². The average molecular weight is 528 g/mol. The van der Waals surface area contributed by atoms with Crippen LogP contribution in [0.5, 0.6) is 5.75 Å². The highest BCUT2D eigenvalue weighted by Crippen LogP contribution is 2.40. The van der Waals surface area contributed by atoms with Crippen molar-refractivity contribution in [1.82, 2.24) is 19.0 Å². The van der Waals surface area contributed by atoms with Crippen LogP contribution < -0.4 is 10.5 Å². The smallest absolute Gasteiger partial charge is 0.254 e. The Morgan fingerprint density at radius 2 is 2.00 bits per heavy atom. The summed E-state index contributed by atoms with van der Waals surface area (Å²) in [5, 5.41) is 10.7. The monoisotopic (exact) mass is 527 g/mol. The van der Waals surface area contributed by atoms with E-state index in [1.54, 1.807) is 7.11 Å². The predicted octanol–water partition coefficient (Wildman–Crippen LogP) is 4.10. The molecule has 2 aliphatic carbocycles. The van der Waals surface area contributed by atoms with E-state index in [-0.39, 0.29) is 24.6 Å². The number of aliphatic hydroxyl groups excluding tert-OH is 1. The highest BCUT2D eigenvalue weighted by atomic mass is 16.5. The number of aromatic nitrogens is 3. The number of benzene rings is 2. The van der Waals surface area contributed by atoms with Gasteiger partial charge in [0.25, 0.3) is 5.91 Å². The van der Waals surface area contributed by atoms with Crippen molar-refractivity contribution in [2.24, 2.45) is 24.6 Å². The fourth-order valence-corrected chi connectivity index (χ4v) is 7.07. The normalized spacial score (nSPS) is 22.5. The van der Waals surface area contributed by atoms with E-state index in [0.717, 1.165) is 61.3 Å². The van der Waals surface area contributed by atoms with E-state index in [0.29, 0.717) is 23.1 Å². The molecule has 4 aromatic rings. The van der Waals surface area contributed by atoms with Crippen LogP contribution in [-0.2, 0) is 20.0 Å². The van der Waals surface area contributed by atoms with Gasteiger partial charge in [-0.1, -0.05) is 18.2 Å². The van der Waals surface area contributed by atoms with Crippen LogP contribution in [0.4, 0.5) is 0 Å². The molecule has 7 rings (SSSR count). The molecule has 3 heterocycles. The summed E-state index contributed by atoms with van der Waals surface area (Å²) in [6, 6.07) is 12.7. The number of hydrogen-bond acceptors (Lipinski definition) is 5. The maximum absolute atomic E-state index is 13.6. The highest BCUT2D eigenvalue weighted by Gasteiger charge is 2.47. The minimum absolute atomic E-state index is 0.0152. The first-order valence-electron chi connectivity index (χ1n) is 14.3. The Kier molecular flexibility index (Phi) is 5.93. The van der Waals surface area contributed by atoms with Gasteiger partial charge in [-0.2, -0.15) is 0 Å². The van der Waals surface area contributed by atoms with Gasteiger partial charge in [-0.15, -0.1) is 0 Å². The van der Waals surface area contributed by atoms with Crippen LogP contribution in [0.15, 0.2) is 36.4 Å². The number of piperidine rings is 1. The Labute approximate surface area is 228 Å². The van der Waals surface area contributed by atoms with Crippen molar-refractivity contribution in [1.29, 1.82) is 0 Å². The van der Waals surface area contributed by atoms with Gasteiger partial charge in [0.05, 0.1) is 23.8 Å². The standard InChI is InChI=1S/C31H37N5O3/c1-34-29-23(13-22(15-26(29)39-2)31(38)36-17-21-10-11-24(36)27(21)32)33-30(34)25-14-20-6-3-5-19(7-4-12-37)28(20)35(25)16-18-8-9-18/h3,5-6,13-15,18,21,24,27,37H,4,7-12,16-17,32H2,1-2H3/t21-,24-,27-/m1/s1. The van der Waals surface area contributed by atoms with Crippen molar-refractivity contribution in [2.45, 2.75) is 57.2 Å². The van der Waals surface area contributed by atoms with Gasteiger partial charge in [0.15, 0.2) is 5.82 Å². The molecule has 0 unspecified atom stereocenters. The van der Waals surface area contributed by atoms with Crippen LogP contribution in [0.3, 0.4) is 0 Å². The second kappa shape index (κ2) is 9.38. The number of hydrogen-bond donors (Lipinski definition) is 2. The zero-order valence-corrected chi connectivity index (χ0v) is 22.8. The SMILES string of the molecule is COc1cc(C(=O)N2C[C@H]3CC[C@@H]2[C@@H]3N)cc2nc(-c3cc4cccc(CCCO)c4n3CC3CC3)n(C)c12. The summed E-state index contributed by atoms with van der Waals surface area (Å²) in [7, 11) is 3.68. The van der Waals surface area contributed by atoms with Gasteiger partial charge in [-0.05, 0) is 74.1 Å². The first-order chi connectivity index (χ1) is 19.0. The molecule has 3 N–H and O–H groups in total. The van der Waals surface area contributed by atoms with E-state index in [1.807, 2.05) is 24.1 Å². The number of fused-ring (bicyclic) bond motifs is 4. The first-order valence-corrected chi connectivity index (χ1v) is 14.3. The van der Waals surface area contributed by atoms with E-state index >= 15 is 0 Å². The molecular weight excluding hydrogens is 490 g/mol. The van der Waals surface area contributed by atoms with Crippen LogP contribution in [0.1, 0.15) is 48.0 Å². The second-order valence-electron chi connectivity index (χ2n) is 11.7. The van der Waals surface area contributed by atoms with Gasteiger partial charge >= 0.3 is 0 Å². The predicted molar refractivity (Wildman–Crippen MR) is 152 cm³/mol. The maximum Gasteiger partial charge on any atom is 0.254 e. The molecule has 204 valence electrons. The molecule has 2 saturated carbocycles. The molecule has 2 bridgehead atoms. The largest absolute Gasteiger partial charge is 0.494 e. The number of likely N-dealkylation sites (tertiary alicyclic amines) is 1. The van der Waals surface area contributed by atoms with Crippen molar-refractivity contribution in [3.8, 4) is 17.3 Å². The number of amides is 1. The minimum atomic E-state index is 0.0152. The van der Waals surface area contributed by atoms with Gasteiger partial charge in [0.1, 0.15) is 11.3 Å². The van der Waals surface area contributed by atoms with Gasteiger partial charge in [0.2, 0.25) is 0 Å². The molecule has 2 aromatic heterocycles. The molecule has 2 aromatic carbocycles. The van der Waals surface area contributed by atoms with E-state index < -0.39 is 0 Å². The summed E-state index contributed by atoms with van der Waals surface area (Å²) in [4.78, 5) is 20.7. The van der Waals surface area contributed by atoms with Crippen LogP contribution in [0.2, 0.25) is 0 Å². The number of rotatable bonds is 8. The van der Waals surface area contributed by atoms with Gasteiger partial charge in [-0.25, -0.2) is 4.98 Å².